The van der Waals surface area contributed by atoms with Crippen LogP contribution in [0.5, 0.6) is 17.2 Å². The Morgan fingerprint density at radius 3 is 1.68 bits per heavy atom. The van der Waals surface area contributed by atoms with Gasteiger partial charge in [-0.05, 0) is 90.8 Å². The number of nitrogens with one attached hydrogen (secondary N) is 3. The van der Waals surface area contributed by atoms with E-state index >= 15 is 0 Å². The van der Waals surface area contributed by atoms with Crippen molar-refractivity contribution in [3.63, 3.8) is 0 Å². The summed E-state index contributed by atoms with van der Waals surface area (Å²) in [6.07, 6.45) is 14.3. The largest absolute Gasteiger partial charge is 0.491 e. The molecule has 0 aliphatic carbocycles. The normalized spacial score (nSPS) is 20.1. The predicted molar refractivity (Wildman–Crippen MR) is 259 cm³/mol. The van der Waals surface area contributed by atoms with Gasteiger partial charge in [-0.1, -0.05) is 22.3 Å². The number of pyridine rings is 3. The van der Waals surface area contributed by atoms with E-state index in [-0.39, 0.29) is 52.0 Å². The zero-order valence-electron chi connectivity index (χ0n) is 38.2. The number of hydrogen-bond acceptors (Lipinski definition) is 16. The lowest BCUT2D eigenvalue weighted by Crippen LogP contribution is -2.55. The highest BCUT2D eigenvalue weighted by Gasteiger charge is 2.44. The zero-order valence-corrected chi connectivity index (χ0v) is 38.2. The average Bonchev–Trinajstić information content (AvgIpc) is 3.82. The van der Waals surface area contributed by atoms with Crippen LogP contribution in [-0.2, 0) is 43.5 Å². The third kappa shape index (κ3) is 12.8. The molecule has 6 aliphatic heterocycles. The lowest BCUT2D eigenvalue weighted by atomic mass is 9.90. The molecule has 6 aliphatic rings. The van der Waals surface area contributed by atoms with E-state index in [9.17, 15) is 19.6 Å². The summed E-state index contributed by atoms with van der Waals surface area (Å²) >= 11 is 0. The van der Waals surface area contributed by atoms with E-state index in [0.717, 1.165) is 74.6 Å². The first kappa shape index (κ1) is 55.6. The minimum atomic E-state index is -0.768. The fourth-order valence-corrected chi connectivity index (χ4v) is 9.30. The highest BCUT2D eigenvalue weighted by Crippen LogP contribution is 2.33. The van der Waals surface area contributed by atoms with Crippen molar-refractivity contribution in [1.82, 2.24) is 45.6 Å². The number of carbonyl (C=O) groups excluding carboxylic acids is 3. The van der Waals surface area contributed by atoms with Gasteiger partial charge in [0.15, 0.2) is 0 Å². The molecule has 1 atom stereocenters. The number of ether oxygens (including phenoxy) is 5. The second kappa shape index (κ2) is 26.1. The van der Waals surface area contributed by atoms with E-state index in [1.54, 1.807) is 43.9 Å². The quantitative estimate of drug-likeness (QED) is 0.329. The van der Waals surface area contributed by atoms with Crippen molar-refractivity contribution < 1.29 is 38.1 Å². The van der Waals surface area contributed by atoms with E-state index in [0.29, 0.717) is 101 Å². The van der Waals surface area contributed by atoms with Gasteiger partial charge in [0.05, 0.1) is 38.8 Å². The number of piperidine rings is 3. The van der Waals surface area contributed by atoms with Crippen molar-refractivity contribution in [2.75, 3.05) is 86.4 Å². The summed E-state index contributed by atoms with van der Waals surface area (Å²) in [4.78, 5) is 56.6. The summed E-state index contributed by atoms with van der Waals surface area (Å²) in [6.45, 7) is 10.6. The van der Waals surface area contributed by atoms with Crippen LogP contribution in [-0.4, -0.2) is 151 Å². The SMILES string of the molecule is C.C.C.COC1(C(=O)N2CCOc3c(C#N)cncc3C2)CCNCC1.COC1(C(=O)N2CCOc3ccncc3C2)CCNCC1.C[C@@H]1COc2c(C#N)cncc2CN1C(=O)C1CCNCC1. The molecule has 3 N–H and O–H groups in total. The first-order valence-corrected chi connectivity index (χ1v) is 22.8. The lowest BCUT2D eigenvalue weighted by Gasteiger charge is -2.38. The number of hydrogen-bond donors (Lipinski definition) is 3. The number of fused-ring (bicyclic) bond motifs is 3. The molecular weight excluding hydrogens is 883 g/mol. The summed E-state index contributed by atoms with van der Waals surface area (Å²) in [7, 11) is 3.23. The number of rotatable bonds is 5. The summed E-state index contributed by atoms with van der Waals surface area (Å²) < 4.78 is 28.4. The molecule has 19 heteroatoms. The number of nitriles is 2. The van der Waals surface area contributed by atoms with E-state index < -0.39 is 11.2 Å². The maximum atomic E-state index is 13.1. The Kier molecular flexibility index (Phi) is 21.1. The van der Waals surface area contributed by atoms with E-state index in [1.807, 2.05) is 22.8 Å². The topological polar surface area (TPSA) is 229 Å². The number of amides is 3. The van der Waals surface area contributed by atoms with Crippen molar-refractivity contribution in [3.8, 4) is 29.4 Å². The summed E-state index contributed by atoms with van der Waals surface area (Å²) in [6, 6.07) is 6.03. The van der Waals surface area contributed by atoms with Crippen molar-refractivity contribution in [2.45, 2.75) is 105 Å². The van der Waals surface area contributed by atoms with Crippen molar-refractivity contribution in [2.24, 2.45) is 5.92 Å². The molecule has 3 aromatic rings. The highest BCUT2D eigenvalue weighted by molar-refractivity contribution is 5.86. The Morgan fingerprint density at radius 1 is 0.667 bits per heavy atom. The summed E-state index contributed by atoms with van der Waals surface area (Å²) in [5, 5.41) is 28.2. The van der Waals surface area contributed by atoms with Crippen LogP contribution in [0.2, 0.25) is 0 Å². The molecule has 19 nitrogen and oxygen atoms in total. The van der Waals surface area contributed by atoms with Crippen LogP contribution in [0.1, 0.15) is 95.5 Å². The minimum absolute atomic E-state index is 0. The van der Waals surface area contributed by atoms with Crippen LogP contribution in [0.3, 0.4) is 0 Å². The molecular formula is C50H73N11O8. The predicted octanol–water partition coefficient (Wildman–Crippen LogP) is 3.98. The van der Waals surface area contributed by atoms with Gasteiger partial charge >= 0.3 is 0 Å². The molecule has 9 rings (SSSR count). The summed E-state index contributed by atoms with van der Waals surface area (Å²) in [5.74, 6) is 2.24. The Labute approximate surface area is 408 Å². The van der Waals surface area contributed by atoms with Crippen LogP contribution < -0.4 is 30.2 Å². The fraction of sp³-hybridized carbons (Fsp3) is 0.600. The average molecular weight is 956 g/mol. The van der Waals surface area contributed by atoms with Crippen LogP contribution in [0.25, 0.3) is 0 Å². The Hall–Kier alpha value is -5.96. The van der Waals surface area contributed by atoms with Crippen molar-refractivity contribution in [1.29, 1.82) is 10.5 Å². The minimum Gasteiger partial charge on any atom is -0.491 e. The van der Waals surface area contributed by atoms with Crippen LogP contribution in [0, 0.1) is 28.6 Å². The second-order valence-corrected chi connectivity index (χ2v) is 17.3. The van der Waals surface area contributed by atoms with Gasteiger partial charge in [0.25, 0.3) is 11.8 Å². The van der Waals surface area contributed by atoms with Crippen LogP contribution >= 0.6 is 0 Å². The maximum Gasteiger partial charge on any atom is 0.255 e. The molecule has 3 fully saturated rings. The van der Waals surface area contributed by atoms with E-state index in [1.165, 1.54) is 12.4 Å². The van der Waals surface area contributed by atoms with Crippen molar-refractivity contribution in [3.05, 3.63) is 71.1 Å². The zero-order chi connectivity index (χ0) is 46.5. The molecule has 69 heavy (non-hydrogen) atoms. The molecule has 3 saturated heterocycles. The molecule has 0 radical (unpaired) electrons. The van der Waals surface area contributed by atoms with E-state index in [2.05, 4.69) is 43.0 Å². The van der Waals surface area contributed by atoms with Gasteiger partial charge in [0.1, 0.15) is 71.5 Å². The standard InChI is InChI=1S/C16H20N4O3.C16H20N4O2.C15H21N3O3.3CH4/c1-22-16(2-4-18-5-3-16)15(21)20-6-7-23-14-12(8-17)9-19-10-13(14)11-20;1-11-10-22-15-13(6-17)7-19-8-14(15)9-20(11)16(21)12-2-4-18-5-3-12;1-20-15(3-6-16-7-4-15)14(19)18-8-9-21-13-2-5-17-10-12(13)11-18;;;/h9-10,18H,2-7,11H2,1H3;7-8,11-12,18H,2-5,9-10H2,1H3;2,5,10,16H,3-4,6-9,11H2,1H3;3*1H4/t;11-;;;;/m.1..../s1. The molecule has 376 valence electrons. The third-order valence-electron chi connectivity index (χ3n) is 13.3. The fourth-order valence-electron chi connectivity index (χ4n) is 9.30. The monoisotopic (exact) mass is 956 g/mol. The molecule has 3 amide bonds. The van der Waals surface area contributed by atoms with Gasteiger partial charge in [-0.25, -0.2) is 0 Å². The number of carbonyl (C=O) groups is 3. The molecule has 0 saturated carbocycles. The Bertz CT molecular complexity index is 2250. The maximum absolute atomic E-state index is 13.1. The number of nitrogens with zero attached hydrogens (tertiary/aromatic N) is 8. The first-order chi connectivity index (χ1) is 32.2. The molecule has 0 aromatic carbocycles. The van der Waals surface area contributed by atoms with Crippen LogP contribution in [0.15, 0.2) is 43.2 Å². The van der Waals surface area contributed by atoms with Crippen molar-refractivity contribution >= 4 is 17.7 Å². The summed E-state index contributed by atoms with van der Waals surface area (Å²) in [5.41, 5.74) is 1.89. The molecule has 3 aromatic heterocycles. The number of methoxy groups -OCH3 is 2. The third-order valence-corrected chi connectivity index (χ3v) is 13.3. The Balaban J connectivity index is 0.000000221. The van der Waals surface area contributed by atoms with Gasteiger partial charge in [-0.15, -0.1) is 0 Å². The highest BCUT2D eigenvalue weighted by atomic mass is 16.5. The number of aromatic nitrogens is 3. The molecule has 0 spiro atoms. The molecule has 0 unspecified atom stereocenters. The van der Waals surface area contributed by atoms with Gasteiger partial charge in [-0.2, -0.15) is 10.5 Å². The van der Waals surface area contributed by atoms with Crippen LogP contribution in [0.4, 0.5) is 0 Å². The van der Waals surface area contributed by atoms with Gasteiger partial charge in [0.2, 0.25) is 5.91 Å². The first-order valence-electron chi connectivity index (χ1n) is 22.8. The van der Waals surface area contributed by atoms with Gasteiger partial charge in [0, 0.05) is 74.0 Å². The molecule has 9 heterocycles. The van der Waals surface area contributed by atoms with Gasteiger partial charge < -0.3 is 54.3 Å². The second-order valence-electron chi connectivity index (χ2n) is 17.3. The van der Waals surface area contributed by atoms with E-state index in [4.69, 9.17) is 28.9 Å². The Morgan fingerprint density at radius 2 is 1.14 bits per heavy atom. The smallest absolute Gasteiger partial charge is 0.255 e. The lowest BCUT2D eigenvalue weighted by molar-refractivity contribution is -0.159. The molecule has 0 bridgehead atoms. The van der Waals surface area contributed by atoms with Gasteiger partial charge in [-0.3, -0.25) is 29.3 Å².